The Morgan fingerprint density at radius 1 is 0.941 bits per heavy atom. The van der Waals surface area contributed by atoms with E-state index in [0.29, 0.717) is 13.2 Å². The van der Waals surface area contributed by atoms with E-state index in [-0.39, 0.29) is 5.41 Å². The first-order valence-electron chi connectivity index (χ1n) is 6.30. The second kappa shape index (κ2) is 5.44. The van der Waals surface area contributed by atoms with Crippen LogP contribution in [0.5, 0.6) is 11.5 Å². The van der Waals surface area contributed by atoms with Crippen LogP contribution in [0.2, 0.25) is 0 Å². The van der Waals surface area contributed by atoms with Gasteiger partial charge in [-0.1, -0.05) is 20.8 Å². The summed E-state index contributed by atoms with van der Waals surface area (Å²) in [4.78, 5) is 0. The van der Waals surface area contributed by atoms with Crippen LogP contribution in [0.25, 0.3) is 0 Å². The van der Waals surface area contributed by atoms with Crippen molar-refractivity contribution >= 4 is 0 Å². The van der Waals surface area contributed by atoms with E-state index < -0.39 is 0 Å². The highest BCUT2D eigenvalue weighted by atomic mass is 16.5. The largest absolute Gasteiger partial charge is 0.493 e. The van der Waals surface area contributed by atoms with Crippen LogP contribution in [-0.2, 0) is 5.41 Å². The Bertz CT molecular complexity index is 348. The topological polar surface area (TPSA) is 18.5 Å². The summed E-state index contributed by atoms with van der Waals surface area (Å²) >= 11 is 0. The third-order valence-corrected chi connectivity index (χ3v) is 2.78. The van der Waals surface area contributed by atoms with Crippen LogP contribution in [0.1, 0.15) is 45.7 Å². The van der Waals surface area contributed by atoms with Gasteiger partial charge >= 0.3 is 0 Å². The molecular formula is C15H24O2. The second-order valence-electron chi connectivity index (χ2n) is 5.21. The summed E-state index contributed by atoms with van der Waals surface area (Å²) in [6, 6.07) is 4.25. The lowest BCUT2D eigenvalue weighted by Gasteiger charge is -2.22. The van der Waals surface area contributed by atoms with Gasteiger partial charge < -0.3 is 9.47 Å². The molecule has 0 unspecified atom stereocenters. The predicted octanol–water partition coefficient (Wildman–Crippen LogP) is 4.09. The first-order valence-corrected chi connectivity index (χ1v) is 6.30. The molecule has 0 aromatic heterocycles. The van der Waals surface area contributed by atoms with Gasteiger partial charge in [-0.2, -0.15) is 0 Å². The van der Waals surface area contributed by atoms with Crippen LogP contribution < -0.4 is 9.47 Å². The molecule has 0 aliphatic carbocycles. The molecule has 0 aliphatic rings. The minimum atomic E-state index is 0.103. The van der Waals surface area contributed by atoms with Gasteiger partial charge in [-0.05, 0) is 43.9 Å². The van der Waals surface area contributed by atoms with E-state index in [1.54, 1.807) is 0 Å². The molecule has 0 saturated carbocycles. The third-order valence-electron chi connectivity index (χ3n) is 2.78. The van der Waals surface area contributed by atoms with E-state index in [4.69, 9.17) is 9.47 Å². The minimum absolute atomic E-state index is 0.103. The van der Waals surface area contributed by atoms with Crippen LogP contribution in [0.15, 0.2) is 12.1 Å². The smallest absolute Gasteiger partial charge is 0.126 e. The van der Waals surface area contributed by atoms with Crippen molar-refractivity contribution in [2.24, 2.45) is 0 Å². The van der Waals surface area contributed by atoms with Crippen LogP contribution in [0, 0.1) is 6.92 Å². The molecule has 0 amide bonds. The minimum Gasteiger partial charge on any atom is -0.493 e. The highest BCUT2D eigenvalue weighted by Gasteiger charge is 2.18. The highest BCUT2D eigenvalue weighted by Crippen LogP contribution is 2.35. The van der Waals surface area contributed by atoms with E-state index >= 15 is 0 Å². The average molecular weight is 236 g/mol. The molecule has 17 heavy (non-hydrogen) atoms. The zero-order valence-electron chi connectivity index (χ0n) is 11.9. The Morgan fingerprint density at radius 2 is 1.35 bits per heavy atom. The average Bonchev–Trinajstić information content (AvgIpc) is 2.22. The summed E-state index contributed by atoms with van der Waals surface area (Å²) in [5.74, 6) is 1.87. The molecule has 0 atom stereocenters. The van der Waals surface area contributed by atoms with Crippen molar-refractivity contribution in [2.75, 3.05) is 13.2 Å². The van der Waals surface area contributed by atoms with E-state index in [9.17, 15) is 0 Å². The maximum absolute atomic E-state index is 5.68. The third kappa shape index (κ3) is 3.39. The fourth-order valence-electron chi connectivity index (χ4n) is 1.71. The number of hydrogen-bond acceptors (Lipinski definition) is 2. The molecule has 1 rings (SSSR count). The Labute approximate surface area is 105 Å². The van der Waals surface area contributed by atoms with E-state index in [1.165, 1.54) is 5.56 Å². The standard InChI is InChI=1S/C15H24O2/c1-7-16-13-9-12(15(4,5)6)10-14(11(13)3)17-8-2/h9-10H,7-8H2,1-6H3. The predicted molar refractivity (Wildman–Crippen MR) is 72.2 cm³/mol. The molecule has 96 valence electrons. The van der Waals surface area contributed by atoms with Crippen molar-refractivity contribution in [1.29, 1.82) is 0 Å². The molecule has 0 aliphatic heterocycles. The molecule has 2 heteroatoms. The highest BCUT2D eigenvalue weighted by molar-refractivity contribution is 5.49. The van der Waals surface area contributed by atoms with E-state index in [1.807, 2.05) is 20.8 Å². The molecule has 0 fully saturated rings. The number of rotatable bonds is 4. The van der Waals surface area contributed by atoms with Crippen LogP contribution in [0.4, 0.5) is 0 Å². The Hall–Kier alpha value is -1.18. The summed E-state index contributed by atoms with van der Waals surface area (Å²) in [5.41, 5.74) is 2.43. The molecule has 0 spiro atoms. The molecule has 0 N–H and O–H groups in total. The number of hydrogen-bond donors (Lipinski definition) is 0. The van der Waals surface area contributed by atoms with Crippen molar-refractivity contribution in [3.8, 4) is 11.5 Å². The van der Waals surface area contributed by atoms with Crippen molar-refractivity contribution in [1.82, 2.24) is 0 Å². The summed E-state index contributed by atoms with van der Waals surface area (Å²) in [7, 11) is 0. The van der Waals surface area contributed by atoms with Gasteiger partial charge in [-0.25, -0.2) is 0 Å². The van der Waals surface area contributed by atoms with Gasteiger partial charge in [0.2, 0.25) is 0 Å². The van der Waals surface area contributed by atoms with Gasteiger partial charge in [-0.15, -0.1) is 0 Å². The van der Waals surface area contributed by atoms with Gasteiger partial charge in [0.25, 0.3) is 0 Å². The van der Waals surface area contributed by atoms with Crippen LogP contribution >= 0.6 is 0 Å². The van der Waals surface area contributed by atoms with Gasteiger partial charge in [0.15, 0.2) is 0 Å². The maximum atomic E-state index is 5.68. The van der Waals surface area contributed by atoms with Crippen molar-refractivity contribution in [2.45, 2.75) is 47.0 Å². The first-order chi connectivity index (χ1) is 7.90. The van der Waals surface area contributed by atoms with Crippen LogP contribution in [-0.4, -0.2) is 13.2 Å². The molecule has 0 heterocycles. The SMILES string of the molecule is CCOc1cc(C(C)(C)C)cc(OCC)c1C. The van der Waals surface area contributed by atoms with Crippen molar-refractivity contribution in [3.63, 3.8) is 0 Å². The van der Waals surface area contributed by atoms with Gasteiger partial charge in [-0.3, -0.25) is 0 Å². The zero-order chi connectivity index (χ0) is 13.1. The van der Waals surface area contributed by atoms with Crippen molar-refractivity contribution < 1.29 is 9.47 Å². The lowest BCUT2D eigenvalue weighted by Crippen LogP contribution is -2.12. The fraction of sp³-hybridized carbons (Fsp3) is 0.600. The lowest BCUT2D eigenvalue weighted by molar-refractivity contribution is 0.317. The molecular weight excluding hydrogens is 212 g/mol. The summed E-state index contributed by atoms with van der Waals surface area (Å²) in [6.07, 6.45) is 0. The van der Waals surface area contributed by atoms with Crippen LogP contribution in [0.3, 0.4) is 0 Å². The molecule has 2 nitrogen and oxygen atoms in total. The molecule has 1 aromatic rings. The summed E-state index contributed by atoms with van der Waals surface area (Å²) in [6.45, 7) is 14.0. The Kier molecular flexibility index (Phi) is 4.44. The lowest BCUT2D eigenvalue weighted by atomic mass is 9.86. The van der Waals surface area contributed by atoms with Gasteiger partial charge in [0.05, 0.1) is 13.2 Å². The normalized spacial score (nSPS) is 11.4. The maximum Gasteiger partial charge on any atom is 0.126 e. The van der Waals surface area contributed by atoms with E-state index in [0.717, 1.165) is 17.1 Å². The zero-order valence-corrected chi connectivity index (χ0v) is 11.9. The number of ether oxygens (including phenoxy) is 2. The monoisotopic (exact) mass is 236 g/mol. The summed E-state index contributed by atoms with van der Waals surface area (Å²) < 4.78 is 11.4. The van der Waals surface area contributed by atoms with Crippen molar-refractivity contribution in [3.05, 3.63) is 23.3 Å². The second-order valence-corrected chi connectivity index (χ2v) is 5.21. The molecule has 0 bridgehead atoms. The first kappa shape index (κ1) is 13.9. The fourth-order valence-corrected chi connectivity index (χ4v) is 1.71. The molecule has 1 aromatic carbocycles. The molecule has 0 radical (unpaired) electrons. The van der Waals surface area contributed by atoms with Gasteiger partial charge in [0.1, 0.15) is 11.5 Å². The Morgan fingerprint density at radius 3 is 1.65 bits per heavy atom. The Balaban J connectivity index is 3.26. The number of benzene rings is 1. The van der Waals surface area contributed by atoms with Gasteiger partial charge in [0, 0.05) is 5.56 Å². The summed E-state index contributed by atoms with van der Waals surface area (Å²) in [5, 5.41) is 0. The molecule has 0 saturated heterocycles. The quantitative estimate of drug-likeness (QED) is 0.784. The van der Waals surface area contributed by atoms with E-state index in [2.05, 4.69) is 32.9 Å².